The summed E-state index contributed by atoms with van der Waals surface area (Å²) in [6.07, 6.45) is 8.75. The van der Waals surface area contributed by atoms with E-state index in [1.54, 1.807) is 29.4 Å². The van der Waals surface area contributed by atoms with E-state index in [0.717, 1.165) is 17.7 Å². The van der Waals surface area contributed by atoms with Crippen LogP contribution in [0.15, 0.2) is 23.6 Å². The summed E-state index contributed by atoms with van der Waals surface area (Å²) in [5.41, 5.74) is 0. The molecule has 1 aromatic heterocycles. The molecule has 0 radical (unpaired) electrons. The van der Waals surface area contributed by atoms with Crippen molar-refractivity contribution < 1.29 is 14.3 Å². The molecule has 2 rings (SSSR count). The van der Waals surface area contributed by atoms with E-state index in [1.807, 2.05) is 17.5 Å². The van der Waals surface area contributed by atoms with E-state index in [-0.39, 0.29) is 12.5 Å². The van der Waals surface area contributed by atoms with Crippen LogP contribution >= 0.6 is 11.3 Å². The molecule has 21 heavy (non-hydrogen) atoms. The zero-order valence-corrected chi connectivity index (χ0v) is 13.1. The summed E-state index contributed by atoms with van der Waals surface area (Å²) in [5.74, 6) is -0.603. The molecule has 1 aliphatic rings. The van der Waals surface area contributed by atoms with Crippen LogP contribution < -0.4 is 0 Å². The van der Waals surface area contributed by atoms with Gasteiger partial charge in [-0.2, -0.15) is 0 Å². The van der Waals surface area contributed by atoms with Crippen molar-refractivity contribution >= 4 is 29.3 Å². The van der Waals surface area contributed by atoms with E-state index in [0.29, 0.717) is 6.04 Å². The Bertz CT molecular complexity index is 490. The summed E-state index contributed by atoms with van der Waals surface area (Å²) in [5, 5.41) is 1.94. The van der Waals surface area contributed by atoms with Crippen LogP contribution in [0.5, 0.6) is 0 Å². The summed E-state index contributed by atoms with van der Waals surface area (Å²) in [6, 6.07) is 4.13. The standard InChI is InChI=1S/C16H21NO3S/c1-17(13-6-3-2-4-7-13)15(18)12-20-16(19)10-9-14-8-5-11-21-14/h5,8-11,13H,2-4,6-7,12H2,1H3/b10-9+. The van der Waals surface area contributed by atoms with Crippen molar-refractivity contribution in [3.8, 4) is 0 Å². The van der Waals surface area contributed by atoms with Crippen LogP contribution in [0.4, 0.5) is 0 Å². The molecular formula is C16H21NO3S. The minimum atomic E-state index is -0.478. The van der Waals surface area contributed by atoms with Crippen LogP contribution in [-0.4, -0.2) is 36.5 Å². The highest BCUT2D eigenvalue weighted by atomic mass is 32.1. The number of amides is 1. The lowest BCUT2D eigenvalue weighted by molar-refractivity contribution is -0.148. The van der Waals surface area contributed by atoms with Crippen molar-refractivity contribution in [2.24, 2.45) is 0 Å². The molecule has 0 bridgehead atoms. The normalized spacial score (nSPS) is 16.0. The number of thiophene rings is 1. The lowest BCUT2D eigenvalue weighted by Gasteiger charge is -2.31. The number of ether oxygens (including phenoxy) is 1. The van der Waals surface area contributed by atoms with Gasteiger partial charge in [0.05, 0.1) is 0 Å². The average molecular weight is 307 g/mol. The fourth-order valence-corrected chi connectivity index (χ4v) is 3.11. The Balaban J connectivity index is 1.73. The minimum absolute atomic E-state index is 0.125. The van der Waals surface area contributed by atoms with E-state index in [4.69, 9.17) is 4.74 Å². The predicted molar refractivity (Wildman–Crippen MR) is 84.0 cm³/mol. The summed E-state index contributed by atoms with van der Waals surface area (Å²) in [4.78, 5) is 26.3. The minimum Gasteiger partial charge on any atom is -0.452 e. The summed E-state index contributed by atoms with van der Waals surface area (Å²) >= 11 is 1.54. The maximum absolute atomic E-state index is 12.0. The number of nitrogens with zero attached hydrogens (tertiary/aromatic N) is 1. The molecule has 1 aromatic rings. The van der Waals surface area contributed by atoms with E-state index in [2.05, 4.69) is 0 Å². The van der Waals surface area contributed by atoms with E-state index in [9.17, 15) is 9.59 Å². The highest BCUT2D eigenvalue weighted by Gasteiger charge is 2.22. The maximum atomic E-state index is 12.0. The Hall–Kier alpha value is -1.62. The molecular weight excluding hydrogens is 286 g/mol. The van der Waals surface area contributed by atoms with Crippen LogP contribution in [0.1, 0.15) is 37.0 Å². The first-order valence-electron chi connectivity index (χ1n) is 7.31. The first-order chi connectivity index (χ1) is 10.2. The van der Waals surface area contributed by atoms with Crippen molar-refractivity contribution in [1.29, 1.82) is 0 Å². The molecule has 4 nitrogen and oxygen atoms in total. The summed E-state index contributed by atoms with van der Waals surface area (Å²) in [7, 11) is 1.80. The maximum Gasteiger partial charge on any atom is 0.331 e. The van der Waals surface area contributed by atoms with Crippen LogP contribution in [0, 0.1) is 0 Å². The molecule has 0 aromatic carbocycles. The highest BCUT2D eigenvalue weighted by Crippen LogP contribution is 2.21. The van der Waals surface area contributed by atoms with E-state index in [1.165, 1.54) is 25.3 Å². The second-order valence-electron chi connectivity index (χ2n) is 5.25. The Morgan fingerprint density at radius 1 is 1.38 bits per heavy atom. The van der Waals surface area contributed by atoms with Gasteiger partial charge < -0.3 is 9.64 Å². The lowest BCUT2D eigenvalue weighted by atomic mass is 9.94. The second kappa shape index (κ2) is 7.98. The molecule has 0 N–H and O–H groups in total. The van der Waals surface area contributed by atoms with Crippen molar-refractivity contribution in [1.82, 2.24) is 4.90 Å². The fourth-order valence-electron chi connectivity index (χ4n) is 2.49. The van der Waals surface area contributed by atoms with Gasteiger partial charge in [-0.1, -0.05) is 25.3 Å². The number of esters is 1. The molecule has 0 atom stereocenters. The van der Waals surface area contributed by atoms with E-state index >= 15 is 0 Å². The van der Waals surface area contributed by atoms with Gasteiger partial charge in [0.15, 0.2) is 6.61 Å². The van der Waals surface area contributed by atoms with Gasteiger partial charge >= 0.3 is 5.97 Å². The van der Waals surface area contributed by atoms with Crippen molar-refractivity contribution in [2.45, 2.75) is 38.1 Å². The third-order valence-electron chi connectivity index (χ3n) is 3.78. The van der Waals surface area contributed by atoms with Crippen molar-refractivity contribution in [3.05, 3.63) is 28.5 Å². The van der Waals surface area contributed by atoms with Crippen LogP contribution in [0.3, 0.4) is 0 Å². The van der Waals surface area contributed by atoms with Crippen LogP contribution in [0.25, 0.3) is 6.08 Å². The molecule has 0 spiro atoms. The Morgan fingerprint density at radius 2 is 2.14 bits per heavy atom. The molecule has 0 saturated heterocycles. The monoisotopic (exact) mass is 307 g/mol. The number of hydrogen-bond donors (Lipinski definition) is 0. The summed E-state index contributed by atoms with van der Waals surface area (Å²) < 4.78 is 5.00. The molecule has 1 aliphatic carbocycles. The van der Waals surface area contributed by atoms with Crippen molar-refractivity contribution in [2.75, 3.05) is 13.7 Å². The first-order valence-corrected chi connectivity index (χ1v) is 8.19. The third kappa shape index (κ3) is 5.01. The topological polar surface area (TPSA) is 46.6 Å². The van der Waals surface area contributed by atoms with Gasteiger partial charge in [0.1, 0.15) is 0 Å². The third-order valence-corrected chi connectivity index (χ3v) is 4.62. The molecule has 114 valence electrons. The molecule has 1 heterocycles. The second-order valence-corrected chi connectivity index (χ2v) is 6.23. The molecule has 1 amide bonds. The number of hydrogen-bond acceptors (Lipinski definition) is 4. The van der Waals surface area contributed by atoms with E-state index < -0.39 is 5.97 Å². The van der Waals surface area contributed by atoms with Gasteiger partial charge in [0.25, 0.3) is 5.91 Å². The fraction of sp³-hybridized carbons (Fsp3) is 0.500. The quantitative estimate of drug-likeness (QED) is 0.620. The van der Waals surface area contributed by atoms with Gasteiger partial charge in [0, 0.05) is 24.0 Å². The zero-order valence-electron chi connectivity index (χ0n) is 12.3. The number of rotatable bonds is 5. The van der Waals surface area contributed by atoms with Crippen molar-refractivity contribution in [3.63, 3.8) is 0 Å². The van der Waals surface area contributed by atoms with Gasteiger partial charge in [-0.05, 0) is 30.4 Å². The lowest BCUT2D eigenvalue weighted by Crippen LogP contribution is -2.40. The molecule has 5 heteroatoms. The highest BCUT2D eigenvalue weighted by molar-refractivity contribution is 7.10. The van der Waals surface area contributed by atoms with Gasteiger partial charge in [-0.15, -0.1) is 11.3 Å². The molecule has 0 aliphatic heterocycles. The Kier molecular flexibility index (Phi) is 5.99. The molecule has 0 unspecified atom stereocenters. The van der Waals surface area contributed by atoms with Gasteiger partial charge in [0.2, 0.25) is 0 Å². The van der Waals surface area contributed by atoms with Gasteiger partial charge in [-0.3, -0.25) is 4.79 Å². The first kappa shape index (κ1) is 15.8. The molecule has 1 saturated carbocycles. The van der Waals surface area contributed by atoms with Crippen LogP contribution in [-0.2, 0) is 14.3 Å². The predicted octanol–water partition coefficient (Wildman–Crippen LogP) is 3.10. The van der Waals surface area contributed by atoms with Gasteiger partial charge in [-0.25, -0.2) is 4.79 Å². The Labute approximate surface area is 129 Å². The number of likely N-dealkylation sites (N-methyl/N-ethyl adjacent to an activating group) is 1. The smallest absolute Gasteiger partial charge is 0.331 e. The Morgan fingerprint density at radius 3 is 2.81 bits per heavy atom. The zero-order chi connectivity index (χ0) is 15.1. The summed E-state index contributed by atoms with van der Waals surface area (Å²) in [6.45, 7) is -0.180. The largest absolute Gasteiger partial charge is 0.452 e. The van der Waals surface area contributed by atoms with Crippen LogP contribution in [0.2, 0.25) is 0 Å². The number of carbonyl (C=O) groups is 2. The SMILES string of the molecule is CN(C(=O)COC(=O)/C=C/c1cccs1)C1CCCCC1. The molecule has 1 fully saturated rings. The number of carbonyl (C=O) groups excluding carboxylic acids is 2. The average Bonchev–Trinajstić information content (AvgIpc) is 3.04.